The number of hydrogen-bond acceptors (Lipinski definition) is 1. The highest BCUT2D eigenvalue weighted by Gasteiger charge is 2.30. The minimum Gasteiger partial charge on any atom is -0.199 e. The molecule has 3 aromatic carbocycles. The Hall–Kier alpha value is -2.32. The minimum atomic E-state index is 0.287. The first-order valence-corrected chi connectivity index (χ1v) is 10.8. The summed E-state index contributed by atoms with van der Waals surface area (Å²) in [5.74, 6) is 0. The maximum absolute atomic E-state index is 2.43. The van der Waals surface area contributed by atoms with Crippen LogP contribution < -0.4 is 4.57 Å². The summed E-state index contributed by atoms with van der Waals surface area (Å²) in [6.45, 7) is 9.18. The molecule has 1 nitrogen and oxygen atoms in total. The summed E-state index contributed by atoms with van der Waals surface area (Å²) in [6, 6.07) is 18.2. The number of pyridine rings is 1. The molecule has 0 amide bonds. The highest BCUT2D eigenvalue weighted by Crippen LogP contribution is 2.49. The van der Waals surface area contributed by atoms with Crippen molar-refractivity contribution in [1.82, 2.24) is 0 Å². The summed E-state index contributed by atoms with van der Waals surface area (Å²) in [7, 11) is 2.19. The standard InChI is InChI=1S/C26H26NS/c1-16-9-11-18-7-6-8-21-23(18)22(16)24-25(28-21)20-13-17(14-26(2,3)4)10-12-19(20)15-27(24)5/h6-13,15H,14H2,1-5H3/q+1. The van der Waals surface area contributed by atoms with Crippen molar-refractivity contribution in [2.45, 2.75) is 43.9 Å². The fourth-order valence-corrected chi connectivity index (χ4v) is 5.86. The molecule has 1 aliphatic heterocycles. The van der Waals surface area contributed by atoms with E-state index in [0.717, 1.165) is 6.42 Å². The predicted molar refractivity (Wildman–Crippen MR) is 120 cm³/mol. The van der Waals surface area contributed by atoms with Crippen LogP contribution >= 0.6 is 11.8 Å². The monoisotopic (exact) mass is 384 g/mol. The van der Waals surface area contributed by atoms with Crippen LogP contribution in [0.15, 0.2) is 64.5 Å². The normalized spacial score (nSPS) is 13.2. The van der Waals surface area contributed by atoms with E-state index in [0.29, 0.717) is 0 Å². The molecule has 0 radical (unpaired) electrons. The van der Waals surface area contributed by atoms with E-state index in [4.69, 9.17) is 0 Å². The van der Waals surface area contributed by atoms with E-state index in [1.807, 2.05) is 11.8 Å². The third-order valence-corrected chi connectivity index (χ3v) is 6.84. The predicted octanol–water partition coefficient (Wildman–Crippen LogP) is 6.85. The molecular formula is C26H26NS+. The van der Waals surface area contributed by atoms with Gasteiger partial charge in [-0.1, -0.05) is 62.9 Å². The summed E-state index contributed by atoms with van der Waals surface area (Å²) in [5, 5.41) is 5.43. The second kappa shape index (κ2) is 6.09. The van der Waals surface area contributed by atoms with Crippen LogP contribution in [0.2, 0.25) is 0 Å². The first kappa shape index (κ1) is 17.8. The topological polar surface area (TPSA) is 3.88 Å². The van der Waals surface area contributed by atoms with Gasteiger partial charge in [0.1, 0.15) is 7.05 Å². The van der Waals surface area contributed by atoms with Crippen LogP contribution in [0.4, 0.5) is 0 Å². The summed E-state index contributed by atoms with van der Waals surface area (Å²) in [5.41, 5.74) is 5.81. The van der Waals surface area contributed by atoms with Crippen molar-refractivity contribution in [3.63, 3.8) is 0 Å². The average Bonchev–Trinajstić information content (AvgIpc) is 2.63. The zero-order valence-electron chi connectivity index (χ0n) is 17.3. The quantitative estimate of drug-likeness (QED) is 0.286. The van der Waals surface area contributed by atoms with E-state index >= 15 is 0 Å². The smallest absolute Gasteiger partial charge is 0.199 e. The molecule has 0 N–H and O–H groups in total. The molecule has 1 aromatic heterocycles. The molecule has 0 aliphatic carbocycles. The Morgan fingerprint density at radius 3 is 2.54 bits per heavy atom. The molecule has 0 saturated carbocycles. The zero-order chi connectivity index (χ0) is 19.6. The average molecular weight is 385 g/mol. The Labute approximate surface area is 171 Å². The highest BCUT2D eigenvalue weighted by atomic mass is 32.2. The van der Waals surface area contributed by atoms with E-state index in [1.165, 1.54) is 53.7 Å². The highest BCUT2D eigenvalue weighted by molar-refractivity contribution is 8.00. The summed E-state index contributed by atoms with van der Waals surface area (Å²) in [4.78, 5) is 2.77. The third kappa shape index (κ3) is 2.74. The number of aromatic nitrogens is 1. The number of hydrogen-bond donors (Lipinski definition) is 0. The molecule has 0 fully saturated rings. The Morgan fingerprint density at radius 2 is 1.75 bits per heavy atom. The molecule has 0 spiro atoms. The summed E-state index contributed by atoms with van der Waals surface area (Å²) >= 11 is 1.93. The van der Waals surface area contributed by atoms with E-state index in [2.05, 4.69) is 94.0 Å². The lowest BCUT2D eigenvalue weighted by atomic mass is 9.87. The fraction of sp³-hybridized carbons (Fsp3) is 0.269. The second-order valence-electron chi connectivity index (χ2n) is 9.29. The van der Waals surface area contributed by atoms with Gasteiger partial charge < -0.3 is 0 Å². The van der Waals surface area contributed by atoms with Crippen LogP contribution in [0, 0.1) is 12.3 Å². The molecule has 5 rings (SSSR count). The van der Waals surface area contributed by atoms with Crippen molar-refractivity contribution < 1.29 is 4.57 Å². The Morgan fingerprint density at radius 1 is 0.964 bits per heavy atom. The Bertz CT molecular complexity index is 1260. The van der Waals surface area contributed by atoms with Crippen LogP contribution in [0.1, 0.15) is 31.9 Å². The lowest BCUT2D eigenvalue weighted by Gasteiger charge is -2.22. The number of rotatable bonds is 1. The van der Waals surface area contributed by atoms with Gasteiger partial charge in [0.25, 0.3) is 0 Å². The van der Waals surface area contributed by atoms with Crippen molar-refractivity contribution in [2.24, 2.45) is 12.5 Å². The van der Waals surface area contributed by atoms with E-state index < -0.39 is 0 Å². The molecular weight excluding hydrogens is 358 g/mol. The van der Waals surface area contributed by atoms with Gasteiger partial charge in [0.2, 0.25) is 5.69 Å². The van der Waals surface area contributed by atoms with Crippen LogP contribution in [-0.2, 0) is 13.5 Å². The first-order chi connectivity index (χ1) is 13.3. The Balaban J connectivity index is 1.86. The van der Waals surface area contributed by atoms with Gasteiger partial charge in [-0.15, -0.1) is 0 Å². The molecule has 2 heterocycles. The lowest BCUT2D eigenvalue weighted by molar-refractivity contribution is -0.660. The number of aryl methyl sites for hydroxylation is 2. The van der Waals surface area contributed by atoms with Gasteiger partial charge in [0.15, 0.2) is 6.20 Å². The molecule has 4 aromatic rings. The minimum absolute atomic E-state index is 0.287. The van der Waals surface area contributed by atoms with E-state index in [1.54, 1.807) is 0 Å². The van der Waals surface area contributed by atoms with Crippen molar-refractivity contribution in [3.8, 4) is 11.3 Å². The lowest BCUT2D eigenvalue weighted by Crippen LogP contribution is -2.32. The van der Waals surface area contributed by atoms with Gasteiger partial charge in [0.05, 0.1) is 10.5 Å². The van der Waals surface area contributed by atoms with Gasteiger partial charge in [-0.3, -0.25) is 0 Å². The van der Waals surface area contributed by atoms with Gasteiger partial charge in [-0.2, -0.15) is 4.57 Å². The van der Waals surface area contributed by atoms with Crippen LogP contribution in [0.3, 0.4) is 0 Å². The largest absolute Gasteiger partial charge is 0.227 e. The SMILES string of the molecule is Cc1ccc2cccc3c2c1-c1c(c2cc(CC(C)(C)C)ccc2c[n+]1C)S3. The van der Waals surface area contributed by atoms with Crippen molar-refractivity contribution in [3.05, 3.63) is 65.9 Å². The van der Waals surface area contributed by atoms with Gasteiger partial charge >= 0.3 is 0 Å². The molecule has 1 aliphatic rings. The third-order valence-electron chi connectivity index (χ3n) is 5.66. The van der Waals surface area contributed by atoms with E-state index in [9.17, 15) is 0 Å². The van der Waals surface area contributed by atoms with Crippen LogP contribution in [-0.4, -0.2) is 0 Å². The molecule has 0 atom stereocenters. The molecule has 2 heteroatoms. The maximum Gasteiger partial charge on any atom is 0.227 e. The molecule has 140 valence electrons. The summed E-state index contributed by atoms with van der Waals surface area (Å²) in [6.07, 6.45) is 3.39. The number of fused-ring (bicyclic) bond motifs is 4. The van der Waals surface area contributed by atoms with Crippen molar-refractivity contribution >= 4 is 33.3 Å². The van der Waals surface area contributed by atoms with E-state index in [-0.39, 0.29) is 5.41 Å². The van der Waals surface area contributed by atoms with Gasteiger partial charge in [-0.25, -0.2) is 0 Å². The number of nitrogens with zero attached hydrogens (tertiary/aromatic N) is 1. The first-order valence-electron chi connectivity index (χ1n) is 9.98. The zero-order valence-corrected chi connectivity index (χ0v) is 18.1. The molecule has 28 heavy (non-hydrogen) atoms. The van der Waals surface area contributed by atoms with Gasteiger partial charge in [0, 0.05) is 21.1 Å². The van der Waals surface area contributed by atoms with Crippen molar-refractivity contribution in [1.29, 1.82) is 0 Å². The van der Waals surface area contributed by atoms with Crippen LogP contribution in [0.25, 0.3) is 32.8 Å². The molecule has 0 bridgehead atoms. The molecule has 0 saturated heterocycles. The maximum atomic E-state index is 2.43. The fourth-order valence-electron chi connectivity index (χ4n) is 4.54. The van der Waals surface area contributed by atoms with Crippen LogP contribution in [0.5, 0.6) is 0 Å². The second-order valence-corrected chi connectivity index (χ2v) is 10.3. The Kier molecular flexibility index (Phi) is 3.86. The number of benzene rings is 3. The van der Waals surface area contributed by atoms with Crippen molar-refractivity contribution in [2.75, 3.05) is 0 Å². The van der Waals surface area contributed by atoms with Gasteiger partial charge in [-0.05, 0) is 53.5 Å². The summed E-state index contributed by atoms with van der Waals surface area (Å²) < 4.78 is 2.33. The molecule has 0 unspecified atom stereocenters.